The van der Waals surface area contributed by atoms with Crippen LogP contribution in [0.5, 0.6) is 5.75 Å². The van der Waals surface area contributed by atoms with Crippen molar-refractivity contribution in [2.75, 3.05) is 31.0 Å². The Bertz CT molecular complexity index is 1340. The maximum atomic E-state index is 13.1. The topological polar surface area (TPSA) is 103 Å². The highest BCUT2D eigenvalue weighted by Gasteiger charge is 2.31. The third-order valence-electron chi connectivity index (χ3n) is 6.28. The number of allylic oxidation sites excluding steroid dienone is 1. The van der Waals surface area contributed by atoms with Crippen molar-refractivity contribution in [1.82, 2.24) is 14.9 Å². The monoisotopic (exact) mass is 484 g/mol. The molecule has 0 spiro atoms. The number of nitrogens with zero attached hydrogens (tertiary/aromatic N) is 5. The predicted octanol–water partition coefficient (Wildman–Crippen LogP) is 3.30. The number of ketones is 1. The van der Waals surface area contributed by atoms with Gasteiger partial charge in [0.1, 0.15) is 35.1 Å². The number of ether oxygens (including phenoxy) is 1. The van der Waals surface area contributed by atoms with Crippen LogP contribution in [0.4, 0.5) is 11.4 Å². The quantitative estimate of drug-likeness (QED) is 0.386. The van der Waals surface area contributed by atoms with Gasteiger partial charge in [0.25, 0.3) is 0 Å². The highest BCUT2D eigenvalue weighted by molar-refractivity contribution is 6.03. The molecule has 1 amide bonds. The van der Waals surface area contributed by atoms with Crippen molar-refractivity contribution in [1.29, 1.82) is 5.26 Å². The average Bonchev–Trinajstić information content (AvgIpc) is 3.43. The van der Waals surface area contributed by atoms with Crippen LogP contribution < -0.4 is 19.9 Å². The van der Waals surface area contributed by atoms with Crippen LogP contribution in [0, 0.1) is 11.3 Å². The van der Waals surface area contributed by atoms with Gasteiger partial charge in [-0.15, -0.1) is 0 Å². The molecule has 2 heterocycles. The third kappa shape index (κ3) is 4.66. The van der Waals surface area contributed by atoms with Gasteiger partial charge >= 0.3 is 0 Å². The Morgan fingerprint density at radius 1 is 1.06 bits per heavy atom. The van der Waals surface area contributed by atoms with E-state index in [0.717, 1.165) is 16.9 Å². The summed E-state index contributed by atoms with van der Waals surface area (Å²) in [7, 11) is 7.07. The first-order valence-electron chi connectivity index (χ1n) is 11.5. The molecule has 9 nitrogen and oxygen atoms in total. The Labute approximate surface area is 210 Å². The third-order valence-corrected chi connectivity index (χ3v) is 6.28. The number of benzene rings is 2. The van der Waals surface area contributed by atoms with Crippen LogP contribution in [-0.2, 0) is 16.6 Å². The first-order valence-corrected chi connectivity index (χ1v) is 11.5. The number of imidazole rings is 1. The summed E-state index contributed by atoms with van der Waals surface area (Å²) >= 11 is 0. The highest BCUT2D eigenvalue weighted by Crippen LogP contribution is 2.40. The molecule has 1 aliphatic rings. The lowest BCUT2D eigenvalue weighted by Crippen LogP contribution is -2.31. The Kier molecular flexibility index (Phi) is 7.06. The molecular formula is C27H28N6O3. The van der Waals surface area contributed by atoms with Crippen molar-refractivity contribution >= 4 is 23.1 Å². The number of aromatic nitrogens is 2. The summed E-state index contributed by atoms with van der Waals surface area (Å²) in [5.41, 5.74) is 2.64. The number of nitriles is 1. The number of aryl methyl sites for hydroxylation is 1. The van der Waals surface area contributed by atoms with Crippen molar-refractivity contribution in [2.45, 2.75) is 18.9 Å². The van der Waals surface area contributed by atoms with Crippen molar-refractivity contribution < 1.29 is 14.3 Å². The minimum absolute atomic E-state index is 0.0254. The van der Waals surface area contributed by atoms with E-state index in [1.54, 1.807) is 19.5 Å². The molecular weight excluding hydrogens is 456 g/mol. The predicted molar refractivity (Wildman–Crippen MR) is 136 cm³/mol. The van der Waals surface area contributed by atoms with Gasteiger partial charge in [0.05, 0.1) is 18.5 Å². The number of methoxy groups -OCH3 is 1. The van der Waals surface area contributed by atoms with E-state index in [9.17, 15) is 14.9 Å². The number of hydrogen-bond donors (Lipinski definition) is 1. The van der Waals surface area contributed by atoms with Crippen molar-refractivity contribution in [2.24, 2.45) is 7.05 Å². The molecule has 0 fully saturated rings. The lowest BCUT2D eigenvalue weighted by atomic mass is 10.0. The van der Waals surface area contributed by atoms with Gasteiger partial charge in [0.2, 0.25) is 5.91 Å². The number of carbonyl (C=O) groups excluding carboxylic acids is 2. The SMILES string of the molecule is COc1cccc(C(NC(=O)CCC(=O)C(C#N)=C2N(C)c3ccccc3N2C)c2nccn2C)c1. The molecule has 3 aromatic rings. The van der Waals surface area contributed by atoms with E-state index in [-0.39, 0.29) is 30.1 Å². The van der Waals surface area contributed by atoms with E-state index in [1.807, 2.05) is 84.0 Å². The maximum absolute atomic E-state index is 13.1. The molecule has 0 saturated carbocycles. The summed E-state index contributed by atoms with van der Waals surface area (Å²) in [6.07, 6.45) is 3.30. The van der Waals surface area contributed by atoms with Crippen LogP contribution in [0.15, 0.2) is 72.3 Å². The number of amides is 1. The number of nitrogens with one attached hydrogen (secondary N) is 1. The highest BCUT2D eigenvalue weighted by atomic mass is 16.5. The van der Waals surface area contributed by atoms with Gasteiger partial charge in [0.15, 0.2) is 5.78 Å². The molecule has 1 aromatic heterocycles. The van der Waals surface area contributed by atoms with E-state index < -0.39 is 6.04 Å². The Balaban J connectivity index is 1.51. The Morgan fingerprint density at radius 2 is 1.75 bits per heavy atom. The van der Waals surface area contributed by atoms with Gasteiger partial charge in [-0.3, -0.25) is 9.59 Å². The zero-order valence-corrected chi connectivity index (χ0v) is 20.7. The number of fused-ring (bicyclic) bond motifs is 1. The first-order chi connectivity index (χ1) is 17.3. The molecule has 0 aliphatic carbocycles. The molecule has 9 heteroatoms. The van der Waals surface area contributed by atoms with Crippen molar-refractivity contribution in [3.8, 4) is 11.8 Å². The van der Waals surface area contributed by atoms with Crippen LogP contribution in [0.1, 0.15) is 30.3 Å². The summed E-state index contributed by atoms with van der Waals surface area (Å²) < 4.78 is 7.17. The van der Waals surface area contributed by atoms with Gasteiger partial charge in [-0.1, -0.05) is 24.3 Å². The van der Waals surface area contributed by atoms with Crippen LogP contribution in [-0.4, -0.2) is 42.4 Å². The summed E-state index contributed by atoms with van der Waals surface area (Å²) in [6.45, 7) is 0. The molecule has 36 heavy (non-hydrogen) atoms. The fourth-order valence-electron chi connectivity index (χ4n) is 4.42. The fourth-order valence-corrected chi connectivity index (χ4v) is 4.42. The number of para-hydroxylation sites is 2. The van der Waals surface area contributed by atoms with Crippen LogP contribution >= 0.6 is 0 Å². The molecule has 0 radical (unpaired) electrons. The molecule has 184 valence electrons. The van der Waals surface area contributed by atoms with E-state index >= 15 is 0 Å². The number of carbonyl (C=O) groups is 2. The minimum atomic E-state index is -0.530. The second kappa shape index (κ2) is 10.4. The van der Waals surface area contributed by atoms with Crippen LogP contribution in [0.25, 0.3) is 0 Å². The fraction of sp³-hybridized carbons (Fsp3) is 0.259. The van der Waals surface area contributed by atoms with E-state index in [4.69, 9.17) is 4.74 Å². The van der Waals surface area contributed by atoms with E-state index in [1.165, 1.54) is 0 Å². The standard InChI is InChI=1S/C27H28N6O3/c1-31-15-14-29-26(31)25(18-8-7-9-19(16-18)36-4)30-24(35)13-12-23(34)20(17-28)27-32(2)21-10-5-6-11-22(21)33(27)3/h5-11,14-16,25H,12-13H2,1-4H3,(H,30,35). The van der Waals surface area contributed by atoms with Gasteiger partial charge in [-0.05, 0) is 29.8 Å². The van der Waals surface area contributed by atoms with Crippen LogP contribution in [0.3, 0.4) is 0 Å². The summed E-state index contributed by atoms with van der Waals surface area (Å²) in [5, 5.41) is 12.8. The zero-order chi connectivity index (χ0) is 25.8. The minimum Gasteiger partial charge on any atom is -0.497 e. The lowest BCUT2D eigenvalue weighted by molar-refractivity contribution is -0.124. The average molecular weight is 485 g/mol. The van der Waals surface area contributed by atoms with Gasteiger partial charge in [0, 0.05) is 46.4 Å². The summed E-state index contributed by atoms with van der Waals surface area (Å²) in [4.78, 5) is 34.1. The molecule has 1 atom stereocenters. The van der Waals surface area contributed by atoms with Gasteiger partial charge < -0.3 is 24.4 Å². The van der Waals surface area contributed by atoms with Crippen LogP contribution in [0.2, 0.25) is 0 Å². The number of Topliss-reactive ketones (excluding diaryl/α,β-unsaturated/α-hetero) is 1. The van der Waals surface area contributed by atoms with E-state index in [0.29, 0.717) is 17.4 Å². The normalized spacial score (nSPS) is 13.1. The smallest absolute Gasteiger partial charge is 0.221 e. The number of rotatable bonds is 8. The molecule has 2 aromatic carbocycles. The molecule has 0 bridgehead atoms. The van der Waals surface area contributed by atoms with Gasteiger partial charge in [-0.25, -0.2) is 4.98 Å². The number of hydrogen-bond acceptors (Lipinski definition) is 7. The molecule has 1 N–H and O–H groups in total. The lowest BCUT2D eigenvalue weighted by Gasteiger charge is -2.21. The van der Waals surface area contributed by atoms with E-state index in [2.05, 4.69) is 16.4 Å². The molecule has 4 rings (SSSR count). The summed E-state index contributed by atoms with van der Waals surface area (Å²) in [5.74, 6) is 1.11. The Hall–Kier alpha value is -4.58. The second-order valence-corrected chi connectivity index (χ2v) is 8.51. The molecule has 1 unspecified atom stereocenters. The number of anilines is 2. The van der Waals surface area contributed by atoms with Crippen molar-refractivity contribution in [3.05, 3.63) is 83.7 Å². The maximum Gasteiger partial charge on any atom is 0.221 e. The van der Waals surface area contributed by atoms with Gasteiger partial charge in [-0.2, -0.15) is 5.26 Å². The zero-order valence-electron chi connectivity index (χ0n) is 20.7. The van der Waals surface area contributed by atoms with Crippen molar-refractivity contribution in [3.63, 3.8) is 0 Å². The summed E-state index contributed by atoms with van der Waals surface area (Å²) in [6, 6.07) is 16.6. The second-order valence-electron chi connectivity index (χ2n) is 8.51. The molecule has 1 aliphatic heterocycles. The first kappa shape index (κ1) is 24.5. The Morgan fingerprint density at radius 3 is 2.33 bits per heavy atom. The molecule has 0 saturated heterocycles. The largest absolute Gasteiger partial charge is 0.497 e.